The van der Waals surface area contributed by atoms with Gasteiger partial charge in [0.15, 0.2) is 0 Å². The van der Waals surface area contributed by atoms with Gasteiger partial charge in [0.2, 0.25) is 5.91 Å². The van der Waals surface area contributed by atoms with Crippen LogP contribution in [0.4, 0.5) is 0 Å². The molecule has 2 heterocycles. The van der Waals surface area contributed by atoms with Gasteiger partial charge >= 0.3 is 0 Å². The number of amides is 1. The number of ether oxygens (including phenoxy) is 2. The molecule has 6 nitrogen and oxygen atoms in total. The number of benzene rings is 1. The lowest BCUT2D eigenvalue weighted by atomic mass is 10.1. The predicted octanol–water partition coefficient (Wildman–Crippen LogP) is 1.28. The molecule has 0 aliphatic carbocycles. The molecule has 2 fully saturated rings. The SMILES string of the molecule is NC[C@H]1CC[C@@H](C(=O)NCc2ccc(OCCN3CCCC3)cc2)O1. The average molecular weight is 347 g/mol. The second-order valence-electron chi connectivity index (χ2n) is 6.82. The van der Waals surface area contributed by atoms with Gasteiger partial charge in [0.05, 0.1) is 6.10 Å². The first-order valence-corrected chi connectivity index (χ1v) is 9.32. The van der Waals surface area contributed by atoms with Crippen molar-refractivity contribution in [3.05, 3.63) is 29.8 Å². The van der Waals surface area contributed by atoms with Gasteiger partial charge in [0.1, 0.15) is 18.5 Å². The van der Waals surface area contributed by atoms with Crippen molar-refractivity contribution in [2.75, 3.05) is 32.8 Å². The maximum absolute atomic E-state index is 12.1. The van der Waals surface area contributed by atoms with E-state index in [4.69, 9.17) is 15.2 Å². The highest BCUT2D eigenvalue weighted by Crippen LogP contribution is 2.19. The zero-order valence-corrected chi connectivity index (χ0v) is 14.8. The molecule has 3 rings (SSSR count). The lowest BCUT2D eigenvalue weighted by Gasteiger charge is -2.15. The van der Waals surface area contributed by atoms with Crippen molar-refractivity contribution in [1.29, 1.82) is 0 Å². The maximum atomic E-state index is 12.1. The van der Waals surface area contributed by atoms with Crippen molar-refractivity contribution in [3.8, 4) is 5.75 Å². The quantitative estimate of drug-likeness (QED) is 0.741. The predicted molar refractivity (Wildman–Crippen MR) is 96.4 cm³/mol. The number of likely N-dealkylation sites (tertiary alicyclic amines) is 1. The summed E-state index contributed by atoms with van der Waals surface area (Å²) in [6.07, 6.45) is 3.88. The van der Waals surface area contributed by atoms with Gasteiger partial charge in [-0.3, -0.25) is 9.69 Å². The second-order valence-corrected chi connectivity index (χ2v) is 6.82. The van der Waals surface area contributed by atoms with Crippen molar-refractivity contribution in [2.45, 2.75) is 44.4 Å². The van der Waals surface area contributed by atoms with E-state index < -0.39 is 0 Å². The van der Waals surface area contributed by atoms with Crippen molar-refractivity contribution < 1.29 is 14.3 Å². The minimum atomic E-state index is -0.359. The monoisotopic (exact) mass is 347 g/mol. The summed E-state index contributed by atoms with van der Waals surface area (Å²) in [5.41, 5.74) is 6.62. The van der Waals surface area contributed by atoms with E-state index in [9.17, 15) is 4.79 Å². The number of carbonyl (C=O) groups is 1. The first-order chi connectivity index (χ1) is 12.2. The standard InChI is InChI=1S/C19H29N3O3/c20-13-17-7-8-18(25-17)19(23)21-14-15-3-5-16(6-4-15)24-12-11-22-9-1-2-10-22/h3-6,17-18H,1-2,7-14,20H2,(H,21,23)/t17-,18+/m1/s1. The molecule has 25 heavy (non-hydrogen) atoms. The molecule has 1 aromatic rings. The minimum absolute atomic E-state index is 0.0211. The van der Waals surface area contributed by atoms with E-state index in [1.165, 1.54) is 25.9 Å². The molecular weight excluding hydrogens is 318 g/mol. The highest BCUT2D eigenvalue weighted by atomic mass is 16.5. The van der Waals surface area contributed by atoms with Crippen molar-refractivity contribution >= 4 is 5.91 Å². The molecule has 3 N–H and O–H groups in total. The summed E-state index contributed by atoms with van der Waals surface area (Å²) in [5, 5.41) is 2.93. The molecule has 2 aliphatic heterocycles. The van der Waals surface area contributed by atoms with Crippen molar-refractivity contribution in [3.63, 3.8) is 0 Å². The molecule has 2 atom stereocenters. The number of nitrogens with one attached hydrogen (secondary N) is 1. The summed E-state index contributed by atoms with van der Waals surface area (Å²) in [7, 11) is 0. The number of nitrogens with zero attached hydrogens (tertiary/aromatic N) is 1. The lowest BCUT2D eigenvalue weighted by molar-refractivity contribution is -0.132. The number of carbonyl (C=O) groups excluding carboxylic acids is 1. The molecule has 0 saturated carbocycles. The Balaban J connectivity index is 1.36. The van der Waals surface area contributed by atoms with Crippen molar-refractivity contribution in [2.24, 2.45) is 5.73 Å². The van der Waals surface area contributed by atoms with Crippen LogP contribution in [0, 0.1) is 0 Å². The Hall–Kier alpha value is -1.63. The molecule has 0 bridgehead atoms. The lowest BCUT2D eigenvalue weighted by Crippen LogP contribution is -2.35. The zero-order valence-electron chi connectivity index (χ0n) is 14.8. The Morgan fingerprint density at radius 3 is 2.68 bits per heavy atom. The van der Waals surface area contributed by atoms with Gasteiger partial charge in [-0.15, -0.1) is 0 Å². The third-order valence-electron chi connectivity index (χ3n) is 4.93. The summed E-state index contributed by atoms with van der Waals surface area (Å²) in [4.78, 5) is 14.5. The minimum Gasteiger partial charge on any atom is -0.492 e. The van der Waals surface area contributed by atoms with Crippen LogP contribution in [0.5, 0.6) is 5.75 Å². The van der Waals surface area contributed by atoms with Crippen LogP contribution in [0.3, 0.4) is 0 Å². The van der Waals surface area contributed by atoms with Crippen LogP contribution in [-0.2, 0) is 16.1 Å². The van der Waals surface area contributed by atoms with E-state index >= 15 is 0 Å². The van der Waals surface area contributed by atoms with Gasteiger partial charge < -0.3 is 20.5 Å². The molecule has 0 unspecified atom stereocenters. The third kappa shape index (κ3) is 5.42. The normalized spacial score (nSPS) is 23.7. The van der Waals surface area contributed by atoms with Crippen LogP contribution in [0.15, 0.2) is 24.3 Å². The van der Waals surface area contributed by atoms with Gasteiger partial charge in [-0.05, 0) is 56.5 Å². The van der Waals surface area contributed by atoms with Crippen LogP contribution in [0.2, 0.25) is 0 Å². The van der Waals surface area contributed by atoms with Gasteiger partial charge in [-0.2, -0.15) is 0 Å². The largest absolute Gasteiger partial charge is 0.492 e. The fourth-order valence-corrected chi connectivity index (χ4v) is 3.38. The molecule has 138 valence electrons. The Kier molecular flexibility index (Phi) is 6.67. The van der Waals surface area contributed by atoms with Crippen LogP contribution < -0.4 is 15.8 Å². The highest BCUT2D eigenvalue weighted by molar-refractivity contribution is 5.81. The fraction of sp³-hybridized carbons (Fsp3) is 0.632. The van der Waals surface area contributed by atoms with E-state index in [2.05, 4.69) is 10.2 Å². The third-order valence-corrected chi connectivity index (χ3v) is 4.93. The van der Waals surface area contributed by atoms with E-state index in [0.717, 1.165) is 37.3 Å². The van der Waals surface area contributed by atoms with Crippen molar-refractivity contribution in [1.82, 2.24) is 10.2 Å². The molecule has 2 saturated heterocycles. The van der Waals surface area contributed by atoms with E-state index in [0.29, 0.717) is 13.1 Å². The van der Waals surface area contributed by atoms with E-state index in [1.807, 2.05) is 24.3 Å². The molecular formula is C19H29N3O3. The average Bonchev–Trinajstić information content (AvgIpc) is 3.32. The van der Waals surface area contributed by atoms with E-state index in [1.54, 1.807) is 0 Å². The molecule has 0 aromatic heterocycles. The van der Waals surface area contributed by atoms with Crippen LogP contribution in [0.1, 0.15) is 31.2 Å². The van der Waals surface area contributed by atoms with Gasteiger partial charge in [-0.1, -0.05) is 12.1 Å². The zero-order chi connectivity index (χ0) is 17.5. The van der Waals surface area contributed by atoms with Gasteiger partial charge in [0.25, 0.3) is 0 Å². The Bertz CT molecular complexity index is 543. The first kappa shape index (κ1) is 18.2. The van der Waals surface area contributed by atoms with Crippen LogP contribution in [-0.4, -0.2) is 55.8 Å². The van der Waals surface area contributed by atoms with E-state index in [-0.39, 0.29) is 18.1 Å². The second kappa shape index (κ2) is 9.17. The maximum Gasteiger partial charge on any atom is 0.249 e. The highest BCUT2D eigenvalue weighted by Gasteiger charge is 2.29. The Labute approximate surface area is 149 Å². The summed E-state index contributed by atoms with van der Waals surface area (Å²) >= 11 is 0. The number of hydrogen-bond donors (Lipinski definition) is 2. The number of hydrogen-bond acceptors (Lipinski definition) is 5. The number of rotatable bonds is 8. The molecule has 0 radical (unpaired) electrons. The van der Waals surface area contributed by atoms with Crippen LogP contribution in [0.25, 0.3) is 0 Å². The summed E-state index contributed by atoms with van der Waals surface area (Å²) < 4.78 is 11.4. The first-order valence-electron chi connectivity index (χ1n) is 9.32. The smallest absolute Gasteiger partial charge is 0.249 e. The summed E-state index contributed by atoms with van der Waals surface area (Å²) in [6.45, 7) is 5.07. The number of nitrogens with two attached hydrogens (primary N) is 1. The summed E-state index contributed by atoms with van der Waals surface area (Å²) in [6, 6.07) is 7.90. The van der Waals surface area contributed by atoms with Crippen LogP contribution >= 0.6 is 0 Å². The fourth-order valence-electron chi connectivity index (χ4n) is 3.38. The molecule has 1 amide bonds. The molecule has 2 aliphatic rings. The molecule has 6 heteroatoms. The van der Waals surface area contributed by atoms with Gasteiger partial charge in [0, 0.05) is 19.6 Å². The Morgan fingerprint density at radius 1 is 1.24 bits per heavy atom. The van der Waals surface area contributed by atoms with Gasteiger partial charge in [-0.25, -0.2) is 0 Å². The molecule has 1 aromatic carbocycles. The topological polar surface area (TPSA) is 76.8 Å². The molecule has 0 spiro atoms. The summed E-state index contributed by atoms with van der Waals surface area (Å²) in [5.74, 6) is 0.820. The Morgan fingerprint density at radius 2 is 2.00 bits per heavy atom.